The van der Waals surface area contributed by atoms with Gasteiger partial charge < -0.3 is 21.2 Å². The number of rotatable bonds is 6. The molecule has 9 heteroatoms. The lowest BCUT2D eigenvalue weighted by Crippen LogP contribution is -2.22. The highest BCUT2D eigenvalue weighted by atomic mass is 35.5. The minimum absolute atomic E-state index is 0.0350. The van der Waals surface area contributed by atoms with E-state index in [9.17, 15) is 9.59 Å². The van der Waals surface area contributed by atoms with Crippen LogP contribution < -0.4 is 21.5 Å². The van der Waals surface area contributed by atoms with Gasteiger partial charge in [0.2, 0.25) is 0 Å². The largest absolute Gasteiger partial charge is 0.491 e. The van der Waals surface area contributed by atoms with Crippen LogP contribution in [0.5, 0.6) is 5.75 Å². The van der Waals surface area contributed by atoms with Gasteiger partial charge in [0.05, 0.1) is 11.6 Å². The first-order valence-corrected chi connectivity index (χ1v) is 7.20. The van der Waals surface area contributed by atoms with E-state index in [1.807, 2.05) is 6.07 Å². The molecule has 0 spiro atoms. The number of H-pyrrole nitrogens is 1. The number of hydrogen-bond acceptors (Lipinski definition) is 4. The standard InChI is InChI=1S/C15H14ClN5O3/c16-9(6-17)7-24-10-3-1-2-8(4-10)12-5-11(13(18)22)14(20-12)21-15(19)23/h1-5,9,20H,7H2,(H2,18,22)(H3,19,21,23). The summed E-state index contributed by atoms with van der Waals surface area (Å²) in [5, 5.41) is 10.2. The predicted octanol–water partition coefficient (Wildman–Crippen LogP) is 1.78. The predicted molar refractivity (Wildman–Crippen MR) is 88.7 cm³/mol. The summed E-state index contributed by atoms with van der Waals surface area (Å²) in [6.45, 7) is 0.0350. The lowest BCUT2D eigenvalue weighted by atomic mass is 10.1. The van der Waals surface area contributed by atoms with Crippen molar-refractivity contribution in [3.05, 3.63) is 35.9 Å². The fourth-order valence-electron chi connectivity index (χ4n) is 1.99. The molecule has 8 nitrogen and oxygen atoms in total. The van der Waals surface area contributed by atoms with Crippen molar-refractivity contribution >= 4 is 29.4 Å². The van der Waals surface area contributed by atoms with E-state index in [1.165, 1.54) is 6.07 Å². The molecular weight excluding hydrogens is 334 g/mol. The fraction of sp³-hybridized carbons (Fsp3) is 0.133. The van der Waals surface area contributed by atoms with Crippen LogP contribution in [0.3, 0.4) is 0 Å². The average molecular weight is 348 g/mol. The van der Waals surface area contributed by atoms with Crippen LogP contribution in [0.15, 0.2) is 30.3 Å². The molecule has 1 aromatic carbocycles. The summed E-state index contributed by atoms with van der Waals surface area (Å²) in [5.41, 5.74) is 11.7. The number of anilines is 1. The number of alkyl halides is 1. The molecule has 1 atom stereocenters. The third-order valence-corrected chi connectivity index (χ3v) is 3.24. The Hall–Kier alpha value is -3.18. The Morgan fingerprint density at radius 2 is 2.12 bits per heavy atom. The van der Waals surface area contributed by atoms with Crippen molar-refractivity contribution in [2.45, 2.75) is 5.38 Å². The van der Waals surface area contributed by atoms with Gasteiger partial charge in [0, 0.05) is 11.3 Å². The van der Waals surface area contributed by atoms with E-state index in [0.29, 0.717) is 17.0 Å². The summed E-state index contributed by atoms with van der Waals surface area (Å²) in [6, 6.07) is 9.40. The smallest absolute Gasteiger partial charge is 0.317 e. The molecule has 24 heavy (non-hydrogen) atoms. The summed E-state index contributed by atoms with van der Waals surface area (Å²) in [5.74, 6) is -0.109. The van der Waals surface area contributed by atoms with Crippen molar-refractivity contribution in [3.8, 4) is 23.1 Å². The zero-order valence-electron chi connectivity index (χ0n) is 12.4. The highest BCUT2D eigenvalue weighted by Crippen LogP contribution is 2.27. The Kier molecular flexibility index (Phi) is 5.29. The maximum absolute atomic E-state index is 11.5. The van der Waals surface area contributed by atoms with Crippen LogP contribution in [0.1, 0.15) is 10.4 Å². The topological polar surface area (TPSA) is 147 Å². The Morgan fingerprint density at radius 3 is 2.75 bits per heavy atom. The Bertz CT molecular complexity index is 812. The summed E-state index contributed by atoms with van der Waals surface area (Å²) in [7, 11) is 0. The van der Waals surface area contributed by atoms with Crippen molar-refractivity contribution in [1.29, 1.82) is 5.26 Å². The minimum atomic E-state index is -0.826. The highest BCUT2D eigenvalue weighted by molar-refractivity contribution is 6.22. The van der Waals surface area contributed by atoms with Gasteiger partial charge in [-0.15, -0.1) is 11.6 Å². The van der Waals surface area contributed by atoms with Gasteiger partial charge in [0.15, 0.2) is 5.38 Å². The molecule has 1 heterocycles. The number of nitrogens with two attached hydrogens (primary N) is 2. The Morgan fingerprint density at radius 1 is 1.38 bits per heavy atom. The van der Waals surface area contributed by atoms with Crippen LogP contribution in [0.25, 0.3) is 11.3 Å². The van der Waals surface area contributed by atoms with Crippen LogP contribution in [-0.2, 0) is 0 Å². The first-order valence-electron chi connectivity index (χ1n) is 6.77. The number of carbonyl (C=O) groups excluding carboxylic acids is 2. The first kappa shape index (κ1) is 17.2. The number of primary amides is 2. The molecule has 0 aliphatic rings. The van der Waals surface area contributed by atoms with E-state index in [4.69, 9.17) is 33.1 Å². The Labute approximate surface area is 142 Å². The minimum Gasteiger partial charge on any atom is -0.491 e. The first-order chi connectivity index (χ1) is 11.4. The van der Waals surface area contributed by atoms with E-state index < -0.39 is 17.3 Å². The number of nitrogens with one attached hydrogen (secondary N) is 2. The van der Waals surface area contributed by atoms with Crippen LogP contribution >= 0.6 is 11.6 Å². The summed E-state index contributed by atoms with van der Waals surface area (Å²) in [6.07, 6.45) is 0. The summed E-state index contributed by atoms with van der Waals surface area (Å²) in [4.78, 5) is 25.3. The fourth-order valence-corrected chi connectivity index (χ4v) is 2.05. The molecule has 1 unspecified atom stereocenters. The summed E-state index contributed by atoms with van der Waals surface area (Å²) >= 11 is 5.68. The molecule has 3 amide bonds. The van der Waals surface area contributed by atoms with Crippen molar-refractivity contribution in [3.63, 3.8) is 0 Å². The second-order valence-electron chi connectivity index (χ2n) is 4.76. The number of benzene rings is 1. The molecule has 0 saturated carbocycles. The van der Waals surface area contributed by atoms with Crippen molar-refractivity contribution in [1.82, 2.24) is 4.98 Å². The number of amides is 3. The molecule has 0 aliphatic carbocycles. The molecular formula is C15H14ClN5O3. The van der Waals surface area contributed by atoms with Gasteiger partial charge in [0.25, 0.3) is 5.91 Å². The van der Waals surface area contributed by atoms with Crippen molar-refractivity contribution in [2.75, 3.05) is 11.9 Å². The molecule has 124 valence electrons. The van der Waals surface area contributed by atoms with E-state index in [2.05, 4.69) is 10.3 Å². The zero-order chi connectivity index (χ0) is 17.7. The van der Waals surface area contributed by atoms with E-state index >= 15 is 0 Å². The molecule has 2 aromatic rings. The van der Waals surface area contributed by atoms with Gasteiger partial charge in [-0.2, -0.15) is 5.26 Å². The van der Waals surface area contributed by atoms with Crippen LogP contribution in [0, 0.1) is 11.3 Å². The third kappa shape index (κ3) is 4.18. The van der Waals surface area contributed by atoms with Gasteiger partial charge in [-0.05, 0) is 18.2 Å². The molecule has 0 fully saturated rings. The van der Waals surface area contributed by atoms with E-state index in [-0.39, 0.29) is 18.0 Å². The zero-order valence-corrected chi connectivity index (χ0v) is 13.1. The maximum Gasteiger partial charge on any atom is 0.317 e. The van der Waals surface area contributed by atoms with E-state index in [1.54, 1.807) is 24.3 Å². The number of urea groups is 1. The van der Waals surface area contributed by atoms with Gasteiger partial charge in [-0.25, -0.2) is 4.79 Å². The molecule has 0 bridgehead atoms. The lowest BCUT2D eigenvalue weighted by Gasteiger charge is -2.07. The third-order valence-electron chi connectivity index (χ3n) is 3.01. The van der Waals surface area contributed by atoms with Crippen LogP contribution in [-0.4, -0.2) is 28.9 Å². The molecule has 0 aliphatic heterocycles. The number of carbonyl (C=O) groups is 2. The van der Waals surface area contributed by atoms with Crippen LogP contribution in [0.4, 0.5) is 10.6 Å². The number of nitriles is 1. The number of hydrogen-bond donors (Lipinski definition) is 4. The normalized spacial score (nSPS) is 11.3. The number of halogens is 1. The molecule has 6 N–H and O–H groups in total. The Balaban J connectivity index is 2.30. The van der Waals surface area contributed by atoms with Crippen molar-refractivity contribution in [2.24, 2.45) is 11.5 Å². The molecule has 2 rings (SSSR count). The SMILES string of the molecule is N#CC(Cl)COc1cccc(-c2cc(C(N)=O)c(NC(N)=O)[nH]2)c1. The van der Waals surface area contributed by atoms with Gasteiger partial charge in [-0.3, -0.25) is 10.1 Å². The highest BCUT2D eigenvalue weighted by Gasteiger charge is 2.15. The average Bonchev–Trinajstić information content (AvgIpc) is 2.96. The van der Waals surface area contributed by atoms with Gasteiger partial charge in [-0.1, -0.05) is 12.1 Å². The maximum atomic E-state index is 11.5. The number of aromatic amines is 1. The molecule has 0 saturated heterocycles. The lowest BCUT2D eigenvalue weighted by molar-refractivity contribution is 0.100. The second-order valence-corrected chi connectivity index (χ2v) is 5.29. The second kappa shape index (κ2) is 7.39. The summed E-state index contributed by atoms with van der Waals surface area (Å²) < 4.78 is 5.42. The number of ether oxygens (including phenoxy) is 1. The van der Waals surface area contributed by atoms with Crippen LogP contribution in [0.2, 0.25) is 0 Å². The van der Waals surface area contributed by atoms with Crippen molar-refractivity contribution < 1.29 is 14.3 Å². The molecule has 0 radical (unpaired) electrons. The van der Waals surface area contributed by atoms with Gasteiger partial charge in [0.1, 0.15) is 18.2 Å². The van der Waals surface area contributed by atoms with Gasteiger partial charge >= 0.3 is 6.03 Å². The van der Waals surface area contributed by atoms with E-state index in [0.717, 1.165) is 0 Å². The number of aromatic nitrogens is 1. The number of nitrogens with zero attached hydrogens (tertiary/aromatic N) is 1. The molecule has 1 aromatic heterocycles. The monoisotopic (exact) mass is 347 g/mol. The quantitative estimate of drug-likeness (QED) is 0.589.